The Bertz CT molecular complexity index is 510. The van der Waals surface area contributed by atoms with Gasteiger partial charge in [-0.25, -0.2) is 9.18 Å². The lowest BCUT2D eigenvalue weighted by Gasteiger charge is -2.26. The summed E-state index contributed by atoms with van der Waals surface area (Å²) < 4.78 is 19.1. The van der Waals surface area contributed by atoms with Gasteiger partial charge in [0.2, 0.25) is 0 Å². The molecule has 6 heteroatoms. The van der Waals surface area contributed by atoms with Crippen molar-refractivity contribution in [2.45, 2.75) is 31.8 Å². The summed E-state index contributed by atoms with van der Waals surface area (Å²) in [7, 11) is 1.47. The monoisotopic (exact) mass is 296 g/mol. The van der Waals surface area contributed by atoms with Gasteiger partial charge in [0.1, 0.15) is 11.6 Å². The highest BCUT2D eigenvalue weighted by Crippen LogP contribution is 2.28. The van der Waals surface area contributed by atoms with Gasteiger partial charge in [-0.3, -0.25) is 0 Å². The number of ether oxygens (including phenoxy) is 1. The molecule has 1 aliphatic heterocycles. The van der Waals surface area contributed by atoms with E-state index in [1.165, 1.54) is 13.2 Å². The molecule has 5 nitrogen and oxygen atoms in total. The third-order valence-electron chi connectivity index (χ3n) is 3.85. The molecule has 1 fully saturated rings. The first-order valence-electron chi connectivity index (χ1n) is 7.08. The van der Waals surface area contributed by atoms with Crippen molar-refractivity contribution in [1.82, 2.24) is 10.2 Å². The van der Waals surface area contributed by atoms with Gasteiger partial charge in [-0.1, -0.05) is 6.07 Å². The summed E-state index contributed by atoms with van der Waals surface area (Å²) in [5, 5.41) is 12.0. The van der Waals surface area contributed by atoms with Crippen LogP contribution in [0.3, 0.4) is 0 Å². The molecular formula is C15H21FN2O3. The fourth-order valence-corrected chi connectivity index (χ4v) is 2.75. The molecule has 2 N–H and O–H groups in total. The number of hydrogen-bond donors (Lipinski definition) is 2. The highest BCUT2D eigenvalue weighted by molar-refractivity contribution is 5.75. The number of aliphatic hydroxyl groups excluding tert-OH is 1. The van der Waals surface area contributed by atoms with Crippen molar-refractivity contribution in [3.05, 3.63) is 29.6 Å². The van der Waals surface area contributed by atoms with Crippen molar-refractivity contribution in [2.24, 2.45) is 0 Å². The topological polar surface area (TPSA) is 61.8 Å². The van der Waals surface area contributed by atoms with E-state index in [1.807, 2.05) is 0 Å². The predicted octanol–water partition coefficient (Wildman–Crippen LogP) is 2.06. The van der Waals surface area contributed by atoms with Gasteiger partial charge in [0.05, 0.1) is 31.4 Å². The Balaban J connectivity index is 2.11. The summed E-state index contributed by atoms with van der Waals surface area (Å²) in [5.41, 5.74) is 0.327. The van der Waals surface area contributed by atoms with Gasteiger partial charge in [0.15, 0.2) is 0 Å². The zero-order valence-electron chi connectivity index (χ0n) is 12.3. The largest absolute Gasteiger partial charge is 0.496 e. The first-order chi connectivity index (χ1) is 10.1. The molecule has 0 radical (unpaired) electrons. The molecule has 0 saturated carbocycles. The first kappa shape index (κ1) is 15.6. The van der Waals surface area contributed by atoms with E-state index >= 15 is 0 Å². The Morgan fingerprint density at radius 1 is 1.62 bits per heavy atom. The summed E-state index contributed by atoms with van der Waals surface area (Å²) >= 11 is 0. The van der Waals surface area contributed by atoms with Crippen LogP contribution in [0.5, 0.6) is 5.75 Å². The summed E-state index contributed by atoms with van der Waals surface area (Å²) in [6.07, 6.45) is 1.66. The molecule has 2 amide bonds. The zero-order chi connectivity index (χ0) is 15.4. The Morgan fingerprint density at radius 3 is 3.05 bits per heavy atom. The minimum Gasteiger partial charge on any atom is -0.496 e. The maximum absolute atomic E-state index is 14.0. The van der Waals surface area contributed by atoms with Crippen LogP contribution in [0.4, 0.5) is 9.18 Å². The second kappa shape index (κ2) is 6.76. The molecule has 1 aromatic rings. The van der Waals surface area contributed by atoms with Crippen molar-refractivity contribution >= 4 is 6.03 Å². The fraction of sp³-hybridized carbons (Fsp3) is 0.533. The van der Waals surface area contributed by atoms with Gasteiger partial charge in [0.25, 0.3) is 0 Å². The van der Waals surface area contributed by atoms with E-state index in [9.17, 15) is 14.3 Å². The molecule has 1 heterocycles. The number of amides is 2. The molecule has 1 saturated heterocycles. The summed E-state index contributed by atoms with van der Waals surface area (Å²) in [4.78, 5) is 13.9. The number of urea groups is 1. The van der Waals surface area contributed by atoms with Crippen LogP contribution < -0.4 is 10.1 Å². The van der Waals surface area contributed by atoms with E-state index in [4.69, 9.17) is 4.74 Å². The predicted molar refractivity (Wildman–Crippen MR) is 76.7 cm³/mol. The Labute approximate surface area is 123 Å². The fourth-order valence-electron chi connectivity index (χ4n) is 2.75. The van der Waals surface area contributed by atoms with Crippen molar-refractivity contribution in [3.8, 4) is 5.75 Å². The number of carbonyl (C=O) groups is 1. The molecule has 1 unspecified atom stereocenters. The van der Waals surface area contributed by atoms with Crippen LogP contribution in [-0.4, -0.2) is 42.3 Å². The average molecular weight is 296 g/mol. The van der Waals surface area contributed by atoms with Crippen molar-refractivity contribution in [1.29, 1.82) is 0 Å². The van der Waals surface area contributed by atoms with Crippen LogP contribution >= 0.6 is 0 Å². The van der Waals surface area contributed by atoms with Gasteiger partial charge < -0.3 is 20.1 Å². The van der Waals surface area contributed by atoms with Crippen LogP contribution in [0.15, 0.2) is 18.2 Å². The molecule has 2 atom stereocenters. The van der Waals surface area contributed by atoms with E-state index < -0.39 is 11.9 Å². The Kier molecular flexibility index (Phi) is 5.01. The highest BCUT2D eigenvalue weighted by atomic mass is 19.1. The van der Waals surface area contributed by atoms with Crippen molar-refractivity contribution < 1.29 is 19.0 Å². The standard InChI is InChI=1S/C15H21FN2O3/c1-10(14-12(16)6-3-7-13(14)21-2)17-15(20)18-8-4-5-11(18)9-19/h3,6-7,10-11,19H,4-5,8-9H2,1-2H3,(H,17,20)/t10?,11-/m1/s1. The van der Waals surface area contributed by atoms with E-state index in [1.54, 1.807) is 24.0 Å². The van der Waals surface area contributed by atoms with Gasteiger partial charge in [-0.2, -0.15) is 0 Å². The third kappa shape index (κ3) is 3.26. The lowest BCUT2D eigenvalue weighted by Crippen LogP contribution is -2.45. The van der Waals surface area contributed by atoms with Crippen LogP contribution in [0, 0.1) is 5.82 Å². The lowest BCUT2D eigenvalue weighted by atomic mass is 10.1. The number of carbonyl (C=O) groups excluding carboxylic acids is 1. The van der Waals surface area contributed by atoms with Crippen molar-refractivity contribution in [3.63, 3.8) is 0 Å². The van der Waals surface area contributed by atoms with Gasteiger partial charge in [-0.15, -0.1) is 0 Å². The lowest BCUT2D eigenvalue weighted by molar-refractivity contribution is 0.155. The molecule has 0 aliphatic carbocycles. The number of halogens is 1. The molecule has 116 valence electrons. The molecule has 0 bridgehead atoms. The van der Waals surface area contributed by atoms with E-state index in [0.717, 1.165) is 12.8 Å². The van der Waals surface area contributed by atoms with E-state index in [2.05, 4.69) is 5.32 Å². The number of rotatable bonds is 4. The smallest absolute Gasteiger partial charge is 0.318 e. The highest BCUT2D eigenvalue weighted by Gasteiger charge is 2.29. The number of likely N-dealkylation sites (tertiary alicyclic amines) is 1. The zero-order valence-corrected chi connectivity index (χ0v) is 12.3. The minimum absolute atomic E-state index is 0.0508. The molecule has 21 heavy (non-hydrogen) atoms. The number of nitrogens with zero attached hydrogens (tertiary/aromatic N) is 1. The second-order valence-electron chi connectivity index (χ2n) is 5.20. The maximum Gasteiger partial charge on any atom is 0.318 e. The van der Waals surface area contributed by atoms with Gasteiger partial charge >= 0.3 is 6.03 Å². The minimum atomic E-state index is -0.520. The van der Waals surface area contributed by atoms with Crippen LogP contribution in [0.2, 0.25) is 0 Å². The molecule has 2 rings (SSSR count). The van der Waals surface area contributed by atoms with Crippen LogP contribution in [-0.2, 0) is 0 Å². The number of hydrogen-bond acceptors (Lipinski definition) is 3. The molecule has 0 spiro atoms. The van der Waals surface area contributed by atoms with Gasteiger partial charge in [0, 0.05) is 6.54 Å². The molecule has 1 aliphatic rings. The number of methoxy groups -OCH3 is 1. The van der Waals surface area contributed by atoms with E-state index in [0.29, 0.717) is 17.9 Å². The molecule has 0 aromatic heterocycles. The second-order valence-corrected chi connectivity index (χ2v) is 5.20. The Hall–Kier alpha value is -1.82. The number of benzene rings is 1. The molecule has 1 aromatic carbocycles. The molecular weight excluding hydrogens is 275 g/mol. The summed E-state index contributed by atoms with van der Waals surface area (Å²) in [6.45, 7) is 2.27. The number of nitrogens with one attached hydrogen (secondary N) is 1. The number of aliphatic hydroxyl groups is 1. The average Bonchev–Trinajstić information content (AvgIpc) is 2.95. The maximum atomic E-state index is 14.0. The van der Waals surface area contributed by atoms with Gasteiger partial charge in [-0.05, 0) is 31.9 Å². The third-order valence-corrected chi connectivity index (χ3v) is 3.85. The Morgan fingerprint density at radius 2 is 2.38 bits per heavy atom. The van der Waals surface area contributed by atoms with Crippen molar-refractivity contribution in [2.75, 3.05) is 20.3 Å². The van der Waals surface area contributed by atoms with E-state index in [-0.39, 0.29) is 18.7 Å². The quantitative estimate of drug-likeness (QED) is 0.894. The normalized spacial score (nSPS) is 19.4. The SMILES string of the molecule is COc1cccc(F)c1C(C)NC(=O)N1CCC[C@@H]1CO. The first-order valence-corrected chi connectivity index (χ1v) is 7.08. The summed E-state index contributed by atoms with van der Waals surface area (Å²) in [5.74, 6) is -0.00906. The van der Waals surface area contributed by atoms with Crippen LogP contribution in [0.25, 0.3) is 0 Å². The summed E-state index contributed by atoms with van der Waals surface area (Å²) in [6, 6.07) is 3.60. The van der Waals surface area contributed by atoms with Crippen LogP contribution in [0.1, 0.15) is 31.4 Å².